The maximum absolute atomic E-state index is 12.2. The van der Waals surface area contributed by atoms with Crippen molar-refractivity contribution in [1.82, 2.24) is 4.72 Å². The van der Waals surface area contributed by atoms with E-state index in [2.05, 4.69) is 10.6 Å². The largest absolute Gasteiger partial charge is 0.241 e. The molecule has 0 aliphatic heterocycles. The van der Waals surface area contributed by atoms with E-state index in [1.54, 1.807) is 19.1 Å². The van der Waals surface area contributed by atoms with Crippen LogP contribution in [0.3, 0.4) is 0 Å². The third kappa shape index (κ3) is 3.59. The molecular formula is C14H19NO2S. The van der Waals surface area contributed by atoms with Crippen molar-refractivity contribution in [2.45, 2.75) is 44.6 Å². The third-order valence-electron chi connectivity index (χ3n) is 2.70. The fraction of sp³-hybridized carbons (Fsp3) is 0.429. The van der Waals surface area contributed by atoms with Gasteiger partial charge in [-0.05, 0) is 31.9 Å². The molecule has 4 heteroatoms. The zero-order valence-corrected chi connectivity index (χ0v) is 11.8. The highest BCUT2D eigenvalue weighted by atomic mass is 32.2. The lowest BCUT2D eigenvalue weighted by atomic mass is 10.2. The van der Waals surface area contributed by atoms with Crippen LogP contribution in [0.2, 0.25) is 0 Å². The van der Waals surface area contributed by atoms with Gasteiger partial charge < -0.3 is 0 Å². The molecule has 18 heavy (non-hydrogen) atoms. The van der Waals surface area contributed by atoms with Gasteiger partial charge >= 0.3 is 0 Å². The number of nitrogens with one attached hydrogen (secondary N) is 1. The quantitative estimate of drug-likeness (QED) is 0.831. The van der Waals surface area contributed by atoms with E-state index in [4.69, 9.17) is 6.42 Å². The summed E-state index contributed by atoms with van der Waals surface area (Å²) in [4.78, 5) is 0.296. The van der Waals surface area contributed by atoms with Crippen LogP contribution in [0.4, 0.5) is 0 Å². The minimum atomic E-state index is -3.53. The Balaban J connectivity index is 3.03. The molecule has 0 amide bonds. The lowest BCUT2D eigenvalue weighted by Gasteiger charge is -2.14. The monoisotopic (exact) mass is 265 g/mol. The molecule has 1 aromatic carbocycles. The van der Waals surface area contributed by atoms with Crippen molar-refractivity contribution < 1.29 is 8.42 Å². The summed E-state index contributed by atoms with van der Waals surface area (Å²) in [6.07, 6.45) is 6.81. The number of sulfonamides is 1. The number of hydrogen-bond acceptors (Lipinski definition) is 2. The van der Waals surface area contributed by atoms with Gasteiger partial charge in [0.2, 0.25) is 10.0 Å². The first-order valence-corrected chi connectivity index (χ1v) is 7.44. The molecule has 98 valence electrons. The molecule has 0 aliphatic rings. The van der Waals surface area contributed by atoms with E-state index < -0.39 is 16.1 Å². The fourth-order valence-corrected chi connectivity index (χ4v) is 3.23. The highest BCUT2D eigenvalue weighted by molar-refractivity contribution is 7.89. The van der Waals surface area contributed by atoms with Gasteiger partial charge in [-0.15, -0.1) is 6.42 Å². The van der Waals surface area contributed by atoms with E-state index in [1.807, 2.05) is 19.9 Å². The molecule has 0 spiro atoms. The molecule has 1 aromatic rings. The van der Waals surface area contributed by atoms with E-state index in [0.717, 1.165) is 17.5 Å². The van der Waals surface area contributed by atoms with Crippen LogP contribution < -0.4 is 4.72 Å². The molecule has 3 nitrogen and oxygen atoms in total. The number of aryl methyl sites for hydroxylation is 2. The molecule has 1 rings (SSSR count). The van der Waals surface area contributed by atoms with E-state index >= 15 is 0 Å². The van der Waals surface area contributed by atoms with Crippen molar-refractivity contribution >= 4 is 10.0 Å². The van der Waals surface area contributed by atoms with Crippen molar-refractivity contribution in [3.63, 3.8) is 0 Å². The number of benzene rings is 1. The van der Waals surface area contributed by atoms with Crippen molar-refractivity contribution in [3.05, 3.63) is 29.3 Å². The molecule has 1 N–H and O–H groups in total. The predicted molar refractivity (Wildman–Crippen MR) is 73.8 cm³/mol. The first-order valence-electron chi connectivity index (χ1n) is 5.96. The second-order valence-corrected chi connectivity index (χ2v) is 6.08. The van der Waals surface area contributed by atoms with Crippen molar-refractivity contribution in [2.24, 2.45) is 0 Å². The van der Waals surface area contributed by atoms with Crippen LogP contribution in [-0.2, 0) is 10.0 Å². The van der Waals surface area contributed by atoms with Crippen LogP contribution in [0.1, 0.15) is 30.9 Å². The zero-order chi connectivity index (χ0) is 13.8. The van der Waals surface area contributed by atoms with Crippen LogP contribution in [0, 0.1) is 26.2 Å². The second kappa shape index (κ2) is 6.03. The number of rotatable bonds is 5. The normalized spacial score (nSPS) is 13.0. The van der Waals surface area contributed by atoms with Gasteiger partial charge in [0, 0.05) is 0 Å². The lowest BCUT2D eigenvalue weighted by Crippen LogP contribution is -2.34. The summed E-state index contributed by atoms with van der Waals surface area (Å²) in [6, 6.07) is 4.80. The highest BCUT2D eigenvalue weighted by Crippen LogP contribution is 2.17. The van der Waals surface area contributed by atoms with Crippen LogP contribution in [0.15, 0.2) is 23.1 Å². The van der Waals surface area contributed by atoms with Crippen LogP contribution in [-0.4, -0.2) is 14.5 Å². The summed E-state index contributed by atoms with van der Waals surface area (Å²) in [5.41, 5.74) is 1.77. The Morgan fingerprint density at radius 2 is 2.06 bits per heavy atom. The Kier molecular flexibility index (Phi) is 4.94. The minimum Gasteiger partial charge on any atom is -0.207 e. The fourth-order valence-electron chi connectivity index (χ4n) is 1.82. The number of terminal acetylenes is 1. The topological polar surface area (TPSA) is 46.2 Å². The Morgan fingerprint density at radius 1 is 1.39 bits per heavy atom. The molecule has 1 unspecified atom stereocenters. The van der Waals surface area contributed by atoms with Gasteiger partial charge in [-0.25, -0.2) is 8.42 Å². The Hall–Kier alpha value is -1.31. The highest BCUT2D eigenvalue weighted by Gasteiger charge is 2.19. The van der Waals surface area contributed by atoms with Crippen LogP contribution in [0.25, 0.3) is 0 Å². The summed E-state index contributed by atoms with van der Waals surface area (Å²) in [5, 5.41) is 0. The van der Waals surface area contributed by atoms with Gasteiger partial charge in [-0.3, -0.25) is 0 Å². The maximum atomic E-state index is 12.2. The molecule has 0 heterocycles. The van der Waals surface area contributed by atoms with E-state index in [9.17, 15) is 8.42 Å². The summed E-state index contributed by atoms with van der Waals surface area (Å²) >= 11 is 0. The SMILES string of the molecule is C#CC(CCC)NS(=O)(=O)c1ccc(C)cc1C. The van der Waals surface area contributed by atoms with Gasteiger partial charge in [0.25, 0.3) is 0 Å². The zero-order valence-electron chi connectivity index (χ0n) is 11.0. The standard InChI is InChI=1S/C14H19NO2S/c1-5-7-13(6-2)15-18(16,17)14-9-8-11(3)10-12(14)4/h2,8-10,13,15H,5,7H2,1,3-4H3. The summed E-state index contributed by atoms with van der Waals surface area (Å²) in [5.74, 6) is 2.47. The summed E-state index contributed by atoms with van der Waals surface area (Å²) in [6.45, 7) is 5.68. The van der Waals surface area contributed by atoms with Crippen molar-refractivity contribution in [1.29, 1.82) is 0 Å². The van der Waals surface area contributed by atoms with Crippen molar-refractivity contribution in [3.8, 4) is 12.3 Å². The van der Waals surface area contributed by atoms with E-state index in [-0.39, 0.29) is 0 Å². The number of hydrogen-bond donors (Lipinski definition) is 1. The molecule has 0 radical (unpaired) electrons. The molecule has 0 fully saturated rings. The smallest absolute Gasteiger partial charge is 0.207 e. The Labute approximate surface area is 110 Å². The van der Waals surface area contributed by atoms with Gasteiger partial charge in [0.15, 0.2) is 0 Å². The first kappa shape index (κ1) is 14.7. The van der Waals surface area contributed by atoms with E-state index in [0.29, 0.717) is 11.3 Å². The Bertz CT molecular complexity index is 556. The maximum Gasteiger partial charge on any atom is 0.241 e. The molecular weight excluding hydrogens is 246 g/mol. The van der Waals surface area contributed by atoms with E-state index in [1.165, 1.54) is 0 Å². The van der Waals surface area contributed by atoms with Gasteiger partial charge in [0.1, 0.15) is 0 Å². The van der Waals surface area contributed by atoms with Crippen molar-refractivity contribution in [2.75, 3.05) is 0 Å². The average Bonchev–Trinajstić information content (AvgIpc) is 2.27. The van der Waals surface area contributed by atoms with Crippen LogP contribution >= 0.6 is 0 Å². The molecule has 0 aromatic heterocycles. The molecule has 0 saturated carbocycles. The van der Waals surface area contributed by atoms with Crippen LogP contribution in [0.5, 0.6) is 0 Å². The predicted octanol–water partition coefficient (Wildman–Crippen LogP) is 2.38. The molecule has 1 atom stereocenters. The lowest BCUT2D eigenvalue weighted by molar-refractivity contribution is 0.564. The first-order chi connectivity index (χ1) is 8.40. The van der Waals surface area contributed by atoms with Gasteiger partial charge in [-0.1, -0.05) is 37.0 Å². The van der Waals surface area contributed by atoms with Gasteiger partial charge in [0.05, 0.1) is 10.9 Å². The third-order valence-corrected chi connectivity index (χ3v) is 4.33. The summed E-state index contributed by atoms with van der Waals surface area (Å²) < 4.78 is 27.0. The molecule has 0 saturated heterocycles. The summed E-state index contributed by atoms with van der Waals surface area (Å²) in [7, 11) is -3.53. The molecule has 0 aliphatic carbocycles. The molecule has 0 bridgehead atoms. The second-order valence-electron chi connectivity index (χ2n) is 4.40. The Morgan fingerprint density at radius 3 is 2.56 bits per heavy atom. The average molecular weight is 265 g/mol. The minimum absolute atomic E-state index is 0.296. The van der Waals surface area contributed by atoms with Gasteiger partial charge in [-0.2, -0.15) is 4.72 Å².